The molecule has 1 saturated carbocycles. The fourth-order valence-electron chi connectivity index (χ4n) is 2.80. The van der Waals surface area contributed by atoms with Crippen molar-refractivity contribution in [2.24, 2.45) is 5.92 Å². The molecule has 1 aromatic rings. The third-order valence-electron chi connectivity index (χ3n) is 3.76. The first-order valence-corrected chi connectivity index (χ1v) is 7.06. The van der Waals surface area contributed by atoms with Gasteiger partial charge in [0.15, 0.2) is 0 Å². The Kier molecular flexibility index (Phi) is 4.11. The smallest absolute Gasteiger partial charge is 0.124 e. The van der Waals surface area contributed by atoms with E-state index < -0.39 is 0 Å². The van der Waals surface area contributed by atoms with E-state index in [1.165, 1.54) is 25.0 Å². The Bertz CT molecular complexity index is 442. The molecule has 18 heavy (non-hydrogen) atoms. The van der Waals surface area contributed by atoms with E-state index in [4.69, 9.17) is 11.6 Å². The molecule has 2 heteroatoms. The van der Waals surface area contributed by atoms with Crippen LogP contribution >= 0.6 is 11.6 Å². The highest BCUT2D eigenvalue weighted by Crippen LogP contribution is 2.45. The second kappa shape index (κ2) is 5.44. The van der Waals surface area contributed by atoms with Gasteiger partial charge in [0.2, 0.25) is 0 Å². The van der Waals surface area contributed by atoms with Crippen LogP contribution in [0.25, 0.3) is 0 Å². The zero-order valence-electron chi connectivity index (χ0n) is 11.0. The number of halogens is 2. The molecular weight excluding hydrogens is 247 g/mol. The molecule has 1 aliphatic carbocycles. The van der Waals surface area contributed by atoms with E-state index in [9.17, 15) is 4.39 Å². The van der Waals surface area contributed by atoms with Crippen LogP contribution in [-0.4, -0.2) is 0 Å². The number of rotatable bonds is 3. The van der Waals surface area contributed by atoms with E-state index in [2.05, 4.69) is 26.0 Å². The molecule has 0 N–H and O–H groups in total. The topological polar surface area (TPSA) is 0 Å². The quantitative estimate of drug-likeness (QED) is 0.634. The lowest BCUT2D eigenvalue weighted by Gasteiger charge is -2.27. The van der Waals surface area contributed by atoms with E-state index in [0.29, 0.717) is 10.9 Å². The molecule has 0 amide bonds. The summed E-state index contributed by atoms with van der Waals surface area (Å²) < 4.78 is 13.2. The summed E-state index contributed by atoms with van der Waals surface area (Å²) in [4.78, 5) is 0. The van der Waals surface area contributed by atoms with Crippen molar-refractivity contribution in [3.05, 3.63) is 46.8 Å². The Morgan fingerprint density at radius 3 is 2.50 bits per heavy atom. The highest BCUT2D eigenvalue weighted by atomic mass is 35.5. The fraction of sp³-hybridized carbons (Fsp3) is 0.500. The molecule has 0 atom stereocenters. The number of benzene rings is 1. The lowest BCUT2D eigenvalue weighted by Crippen LogP contribution is -2.19. The van der Waals surface area contributed by atoms with E-state index in [1.54, 1.807) is 0 Å². The van der Waals surface area contributed by atoms with E-state index in [-0.39, 0.29) is 11.2 Å². The van der Waals surface area contributed by atoms with Crippen LogP contribution in [0.2, 0.25) is 5.02 Å². The van der Waals surface area contributed by atoms with Gasteiger partial charge in [-0.2, -0.15) is 0 Å². The van der Waals surface area contributed by atoms with Crippen LogP contribution in [0.5, 0.6) is 0 Å². The van der Waals surface area contributed by atoms with Crippen molar-refractivity contribution in [3.63, 3.8) is 0 Å². The van der Waals surface area contributed by atoms with Crippen LogP contribution in [0, 0.1) is 11.7 Å². The van der Waals surface area contributed by atoms with Gasteiger partial charge < -0.3 is 0 Å². The summed E-state index contributed by atoms with van der Waals surface area (Å²) in [5.41, 5.74) is 1.11. The van der Waals surface area contributed by atoms with Crippen molar-refractivity contribution < 1.29 is 4.39 Å². The SMILES string of the molecule is CC(C)/C=C/C1(c2ccc(F)cc2Cl)CCCC1. The fourth-order valence-corrected chi connectivity index (χ4v) is 3.16. The van der Waals surface area contributed by atoms with Crippen LogP contribution in [0.15, 0.2) is 30.4 Å². The largest absolute Gasteiger partial charge is 0.207 e. The van der Waals surface area contributed by atoms with Gasteiger partial charge in [-0.05, 0) is 36.5 Å². The normalized spacial score (nSPS) is 18.9. The summed E-state index contributed by atoms with van der Waals surface area (Å²) >= 11 is 6.24. The van der Waals surface area contributed by atoms with Gasteiger partial charge >= 0.3 is 0 Å². The number of allylic oxidation sites excluding steroid dienone is 2. The van der Waals surface area contributed by atoms with Gasteiger partial charge in [0.25, 0.3) is 0 Å². The number of hydrogen-bond acceptors (Lipinski definition) is 0. The molecule has 0 unspecified atom stereocenters. The molecule has 0 radical (unpaired) electrons. The maximum Gasteiger partial charge on any atom is 0.124 e. The first-order chi connectivity index (χ1) is 8.53. The molecule has 1 aliphatic rings. The molecule has 0 saturated heterocycles. The minimum absolute atomic E-state index is 0.0229. The second-order valence-electron chi connectivity index (χ2n) is 5.59. The first kappa shape index (κ1) is 13.6. The summed E-state index contributed by atoms with van der Waals surface area (Å²) in [5.74, 6) is 0.270. The minimum Gasteiger partial charge on any atom is -0.207 e. The zero-order chi connectivity index (χ0) is 13.2. The van der Waals surface area contributed by atoms with Crippen LogP contribution in [0.4, 0.5) is 4.39 Å². The van der Waals surface area contributed by atoms with Crippen molar-refractivity contribution in [2.45, 2.75) is 44.9 Å². The summed E-state index contributed by atoms with van der Waals surface area (Å²) in [5, 5.41) is 0.560. The Balaban J connectivity index is 2.41. The summed E-state index contributed by atoms with van der Waals surface area (Å²) in [6.45, 7) is 4.34. The molecular formula is C16H20ClF. The van der Waals surface area contributed by atoms with Gasteiger partial charge in [-0.1, -0.05) is 56.5 Å². The summed E-state index contributed by atoms with van der Waals surface area (Å²) in [7, 11) is 0. The van der Waals surface area contributed by atoms with Crippen molar-refractivity contribution in [1.82, 2.24) is 0 Å². The minimum atomic E-state index is -0.260. The second-order valence-corrected chi connectivity index (χ2v) is 6.00. The van der Waals surface area contributed by atoms with Crippen molar-refractivity contribution in [3.8, 4) is 0 Å². The molecule has 0 heterocycles. The Morgan fingerprint density at radius 2 is 1.94 bits per heavy atom. The lowest BCUT2D eigenvalue weighted by atomic mass is 9.78. The Hall–Kier alpha value is -0.820. The molecule has 0 nitrogen and oxygen atoms in total. The van der Waals surface area contributed by atoms with Crippen molar-refractivity contribution in [2.75, 3.05) is 0 Å². The maximum atomic E-state index is 13.2. The maximum absolute atomic E-state index is 13.2. The van der Waals surface area contributed by atoms with E-state index in [1.807, 2.05) is 6.07 Å². The highest BCUT2D eigenvalue weighted by Gasteiger charge is 2.34. The first-order valence-electron chi connectivity index (χ1n) is 6.68. The zero-order valence-corrected chi connectivity index (χ0v) is 11.8. The predicted molar refractivity (Wildman–Crippen MR) is 75.5 cm³/mol. The average Bonchev–Trinajstić information content (AvgIpc) is 2.76. The van der Waals surface area contributed by atoms with E-state index in [0.717, 1.165) is 18.4 Å². The Labute approximate surface area is 114 Å². The lowest BCUT2D eigenvalue weighted by molar-refractivity contribution is 0.549. The van der Waals surface area contributed by atoms with Gasteiger partial charge in [-0.25, -0.2) is 4.39 Å². The van der Waals surface area contributed by atoms with Gasteiger partial charge in [-0.15, -0.1) is 0 Å². The molecule has 0 bridgehead atoms. The average molecular weight is 267 g/mol. The van der Waals surface area contributed by atoms with Gasteiger partial charge in [0.05, 0.1) is 0 Å². The third kappa shape index (κ3) is 2.77. The molecule has 1 fully saturated rings. The molecule has 0 aromatic heterocycles. The van der Waals surface area contributed by atoms with Crippen LogP contribution < -0.4 is 0 Å². The number of hydrogen-bond donors (Lipinski definition) is 0. The van der Waals surface area contributed by atoms with Gasteiger partial charge in [0, 0.05) is 10.4 Å². The predicted octanol–water partition coefficient (Wildman–Crippen LogP) is 5.50. The monoisotopic (exact) mass is 266 g/mol. The van der Waals surface area contributed by atoms with Crippen molar-refractivity contribution in [1.29, 1.82) is 0 Å². The van der Waals surface area contributed by atoms with Gasteiger partial charge in [0.1, 0.15) is 5.82 Å². The Morgan fingerprint density at radius 1 is 1.28 bits per heavy atom. The molecule has 1 aromatic carbocycles. The third-order valence-corrected chi connectivity index (χ3v) is 4.08. The summed E-state index contributed by atoms with van der Waals surface area (Å²) in [6, 6.07) is 4.80. The van der Waals surface area contributed by atoms with Crippen LogP contribution in [0.1, 0.15) is 45.1 Å². The molecule has 2 rings (SSSR count). The molecule has 98 valence electrons. The highest BCUT2D eigenvalue weighted by molar-refractivity contribution is 6.31. The van der Waals surface area contributed by atoms with Gasteiger partial charge in [-0.3, -0.25) is 0 Å². The molecule has 0 aliphatic heterocycles. The standard InChI is InChI=1S/C16H20ClF/c1-12(2)7-10-16(8-3-4-9-16)14-6-5-13(18)11-15(14)17/h5-7,10-12H,3-4,8-9H2,1-2H3/b10-7+. The van der Waals surface area contributed by atoms with Crippen LogP contribution in [0.3, 0.4) is 0 Å². The molecule has 0 spiro atoms. The van der Waals surface area contributed by atoms with E-state index >= 15 is 0 Å². The summed E-state index contributed by atoms with van der Waals surface area (Å²) in [6.07, 6.45) is 9.20. The van der Waals surface area contributed by atoms with Crippen molar-refractivity contribution >= 4 is 11.6 Å². The van der Waals surface area contributed by atoms with Crippen LogP contribution in [-0.2, 0) is 5.41 Å².